The van der Waals surface area contributed by atoms with E-state index in [0.29, 0.717) is 29.0 Å². The largest absolute Gasteiger partial charge is 0.494 e. The van der Waals surface area contributed by atoms with Gasteiger partial charge in [-0.1, -0.05) is 19.1 Å². The SMILES string of the molecule is CCCN(C(=O)c1cc2c(=O)oc3ccccc3c2s1)c1ccc(OCC)cc1. The van der Waals surface area contributed by atoms with Gasteiger partial charge in [-0.15, -0.1) is 11.3 Å². The molecule has 0 fully saturated rings. The summed E-state index contributed by atoms with van der Waals surface area (Å²) in [6.07, 6.45) is 0.814. The quantitative estimate of drug-likeness (QED) is 0.398. The number of carbonyl (C=O) groups is 1. The Morgan fingerprint density at radius 2 is 1.83 bits per heavy atom. The maximum atomic E-state index is 13.3. The van der Waals surface area contributed by atoms with Crippen LogP contribution in [0, 0.1) is 0 Å². The maximum absolute atomic E-state index is 13.3. The lowest BCUT2D eigenvalue weighted by atomic mass is 10.2. The molecule has 0 saturated heterocycles. The fourth-order valence-corrected chi connectivity index (χ4v) is 4.46. The van der Waals surface area contributed by atoms with E-state index >= 15 is 0 Å². The van der Waals surface area contributed by atoms with Crippen molar-refractivity contribution >= 4 is 44.0 Å². The predicted molar refractivity (Wildman–Crippen MR) is 117 cm³/mol. The lowest BCUT2D eigenvalue weighted by Gasteiger charge is -2.22. The van der Waals surface area contributed by atoms with E-state index in [4.69, 9.17) is 9.15 Å². The number of nitrogens with zero attached hydrogens (tertiary/aromatic N) is 1. The standard InChI is InChI=1S/C23H21NO4S/c1-3-13-24(15-9-11-16(12-10-15)27-4-2)22(25)20-14-18-21(29-20)17-7-5-6-8-19(17)28-23(18)26/h5-12,14H,3-4,13H2,1-2H3. The molecule has 0 unspecified atom stereocenters. The molecule has 2 heterocycles. The van der Waals surface area contributed by atoms with Crippen LogP contribution in [0.1, 0.15) is 29.9 Å². The van der Waals surface area contributed by atoms with Crippen LogP contribution < -0.4 is 15.3 Å². The number of anilines is 1. The van der Waals surface area contributed by atoms with Crippen molar-refractivity contribution in [3.05, 3.63) is 69.9 Å². The Morgan fingerprint density at radius 3 is 2.55 bits per heavy atom. The smallest absolute Gasteiger partial charge is 0.345 e. The molecule has 0 saturated carbocycles. The summed E-state index contributed by atoms with van der Waals surface area (Å²) in [4.78, 5) is 28.0. The molecule has 0 aliphatic carbocycles. The minimum absolute atomic E-state index is 0.124. The van der Waals surface area contributed by atoms with Gasteiger partial charge in [-0.3, -0.25) is 4.79 Å². The van der Waals surface area contributed by atoms with Crippen LogP contribution in [-0.2, 0) is 0 Å². The highest BCUT2D eigenvalue weighted by molar-refractivity contribution is 7.21. The fourth-order valence-electron chi connectivity index (χ4n) is 3.34. The summed E-state index contributed by atoms with van der Waals surface area (Å²) in [6.45, 7) is 5.14. The van der Waals surface area contributed by atoms with Crippen LogP contribution in [0.4, 0.5) is 5.69 Å². The molecule has 4 aromatic rings. The number of para-hydroxylation sites is 1. The highest BCUT2D eigenvalue weighted by Gasteiger charge is 2.21. The molecule has 0 N–H and O–H groups in total. The summed E-state index contributed by atoms with van der Waals surface area (Å²) in [6, 6.07) is 16.5. The lowest BCUT2D eigenvalue weighted by molar-refractivity contribution is 0.0991. The van der Waals surface area contributed by atoms with Crippen molar-refractivity contribution in [2.45, 2.75) is 20.3 Å². The molecule has 29 heavy (non-hydrogen) atoms. The van der Waals surface area contributed by atoms with Gasteiger partial charge >= 0.3 is 5.63 Å². The number of thiophene rings is 1. The second-order valence-electron chi connectivity index (χ2n) is 6.62. The third-order valence-electron chi connectivity index (χ3n) is 4.65. The van der Waals surface area contributed by atoms with Gasteiger partial charge in [-0.2, -0.15) is 0 Å². The number of ether oxygens (including phenoxy) is 1. The monoisotopic (exact) mass is 407 g/mol. The van der Waals surface area contributed by atoms with Crippen LogP contribution in [0.15, 0.2) is 63.8 Å². The minimum Gasteiger partial charge on any atom is -0.494 e. The average molecular weight is 407 g/mol. The van der Waals surface area contributed by atoms with E-state index in [1.54, 1.807) is 17.0 Å². The maximum Gasteiger partial charge on any atom is 0.345 e. The summed E-state index contributed by atoms with van der Waals surface area (Å²) in [5.74, 6) is 0.645. The van der Waals surface area contributed by atoms with Gasteiger partial charge in [0.2, 0.25) is 0 Å². The summed E-state index contributed by atoms with van der Waals surface area (Å²) in [5, 5.41) is 1.29. The number of hydrogen-bond acceptors (Lipinski definition) is 5. The van der Waals surface area contributed by atoms with Gasteiger partial charge in [0.1, 0.15) is 11.3 Å². The third kappa shape index (κ3) is 3.63. The van der Waals surface area contributed by atoms with Crippen molar-refractivity contribution in [3.63, 3.8) is 0 Å². The lowest BCUT2D eigenvalue weighted by Crippen LogP contribution is -2.31. The van der Waals surface area contributed by atoms with Crippen molar-refractivity contribution in [3.8, 4) is 5.75 Å². The Hall–Kier alpha value is -3.12. The first-order chi connectivity index (χ1) is 14.1. The van der Waals surface area contributed by atoms with Gasteiger partial charge in [0, 0.05) is 17.6 Å². The zero-order valence-electron chi connectivity index (χ0n) is 16.3. The average Bonchev–Trinajstić information content (AvgIpc) is 3.19. The highest BCUT2D eigenvalue weighted by atomic mass is 32.1. The Kier molecular flexibility index (Phi) is 5.36. The van der Waals surface area contributed by atoms with Crippen LogP contribution in [0.5, 0.6) is 5.75 Å². The second kappa shape index (κ2) is 8.09. The molecular formula is C23H21NO4S. The molecule has 0 bridgehead atoms. The molecule has 1 amide bonds. The zero-order chi connectivity index (χ0) is 20.4. The van der Waals surface area contributed by atoms with E-state index in [1.807, 2.05) is 56.3 Å². The van der Waals surface area contributed by atoms with Crippen LogP contribution in [-0.4, -0.2) is 19.1 Å². The topological polar surface area (TPSA) is 59.8 Å². The Labute approximate surface area is 172 Å². The second-order valence-corrected chi connectivity index (χ2v) is 7.68. The van der Waals surface area contributed by atoms with Gasteiger partial charge in [0.05, 0.1) is 21.6 Å². The molecule has 4 rings (SSSR count). The molecule has 0 spiro atoms. The van der Waals surface area contributed by atoms with Gasteiger partial charge in [0.15, 0.2) is 0 Å². The molecule has 5 nitrogen and oxygen atoms in total. The first kappa shape index (κ1) is 19.2. The number of benzene rings is 2. The minimum atomic E-state index is -0.419. The summed E-state index contributed by atoms with van der Waals surface area (Å²) < 4.78 is 11.7. The molecule has 0 atom stereocenters. The molecule has 148 valence electrons. The Balaban J connectivity index is 1.76. The molecule has 0 radical (unpaired) electrons. The number of carbonyl (C=O) groups excluding carboxylic acids is 1. The van der Waals surface area contributed by atoms with E-state index in [2.05, 4.69) is 0 Å². The fraction of sp³-hybridized carbons (Fsp3) is 0.217. The van der Waals surface area contributed by atoms with Gasteiger partial charge < -0.3 is 14.1 Å². The van der Waals surface area contributed by atoms with E-state index in [-0.39, 0.29) is 5.91 Å². The van der Waals surface area contributed by atoms with E-state index in [9.17, 15) is 9.59 Å². The van der Waals surface area contributed by atoms with Crippen LogP contribution in [0.2, 0.25) is 0 Å². The molecule has 6 heteroatoms. The van der Waals surface area contributed by atoms with Crippen LogP contribution in [0.3, 0.4) is 0 Å². The third-order valence-corrected chi connectivity index (χ3v) is 5.81. The van der Waals surface area contributed by atoms with Gasteiger partial charge in [-0.25, -0.2) is 4.79 Å². The van der Waals surface area contributed by atoms with E-state index in [1.165, 1.54) is 11.3 Å². The van der Waals surface area contributed by atoms with Gasteiger partial charge in [0.25, 0.3) is 5.91 Å². The number of amides is 1. The van der Waals surface area contributed by atoms with E-state index < -0.39 is 5.63 Å². The number of hydrogen-bond donors (Lipinski definition) is 0. The van der Waals surface area contributed by atoms with Gasteiger partial charge in [-0.05, 0) is 55.8 Å². The van der Waals surface area contributed by atoms with Crippen LogP contribution in [0.25, 0.3) is 21.1 Å². The summed E-state index contributed by atoms with van der Waals surface area (Å²) >= 11 is 1.33. The molecule has 2 aromatic carbocycles. The number of fused-ring (bicyclic) bond motifs is 3. The first-order valence-corrected chi connectivity index (χ1v) is 10.4. The first-order valence-electron chi connectivity index (χ1n) is 9.62. The predicted octanol–water partition coefficient (Wildman–Crippen LogP) is 5.46. The van der Waals surface area contributed by atoms with Crippen molar-refractivity contribution in [2.75, 3.05) is 18.1 Å². The van der Waals surface area contributed by atoms with Crippen molar-refractivity contribution in [1.82, 2.24) is 0 Å². The highest BCUT2D eigenvalue weighted by Crippen LogP contribution is 2.32. The van der Waals surface area contributed by atoms with Crippen molar-refractivity contribution < 1.29 is 13.9 Å². The van der Waals surface area contributed by atoms with E-state index in [0.717, 1.165) is 27.9 Å². The summed E-state index contributed by atoms with van der Waals surface area (Å²) in [7, 11) is 0. The van der Waals surface area contributed by atoms with Crippen molar-refractivity contribution in [1.29, 1.82) is 0 Å². The Morgan fingerprint density at radius 1 is 1.07 bits per heavy atom. The molecule has 0 aliphatic heterocycles. The summed E-state index contributed by atoms with van der Waals surface area (Å²) in [5.41, 5.74) is 0.912. The molecule has 0 aliphatic rings. The molecule has 2 aromatic heterocycles. The van der Waals surface area contributed by atoms with Crippen molar-refractivity contribution in [2.24, 2.45) is 0 Å². The normalized spacial score (nSPS) is 11.1. The number of rotatable bonds is 6. The molecular weight excluding hydrogens is 386 g/mol. The Bertz CT molecular complexity index is 1220. The van der Waals surface area contributed by atoms with Crippen LogP contribution >= 0.6 is 11.3 Å². The zero-order valence-corrected chi connectivity index (χ0v) is 17.1.